The largest absolute Gasteiger partial charge is 0.344 e. The monoisotopic (exact) mass is 202 g/mol. The molecule has 1 aromatic carbocycles. The lowest BCUT2D eigenvalue weighted by atomic mass is 10.1. The zero-order valence-electron chi connectivity index (χ0n) is 7.82. The zero-order valence-corrected chi connectivity index (χ0v) is 8.64. The summed E-state index contributed by atoms with van der Waals surface area (Å²) in [7, 11) is 0. The summed E-state index contributed by atoms with van der Waals surface area (Å²) in [5.41, 5.74) is 3.33. The van der Waals surface area contributed by atoms with Crippen LogP contribution in [0, 0.1) is 11.6 Å². The van der Waals surface area contributed by atoms with Gasteiger partial charge in [0.1, 0.15) is 4.64 Å². The van der Waals surface area contributed by atoms with Gasteiger partial charge >= 0.3 is 0 Å². The molecule has 0 aliphatic carbocycles. The molecule has 2 nitrogen and oxygen atoms in total. The Labute approximate surface area is 87.7 Å². The Morgan fingerprint density at radius 2 is 2.00 bits per heavy atom. The standard InChI is InChI=1S/C11H10N2S/c1-8-4-2-3-5-9(8)10-6-12-7-11(14)13-10/h2-7H,1H3,(H,13,14). The second kappa shape index (κ2) is 3.72. The number of aryl methyl sites for hydroxylation is 1. The van der Waals surface area contributed by atoms with E-state index < -0.39 is 0 Å². The van der Waals surface area contributed by atoms with Gasteiger partial charge < -0.3 is 4.98 Å². The highest BCUT2D eigenvalue weighted by Gasteiger charge is 2.00. The molecule has 0 saturated heterocycles. The molecule has 0 atom stereocenters. The van der Waals surface area contributed by atoms with Crippen LogP contribution in [0.2, 0.25) is 0 Å². The van der Waals surface area contributed by atoms with Gasteiger partial charge in [-0.15, -0.1) is 0 Å². The minimum Gasteiger partial charge on any atom is -0.344 e. The molecule has 70 valence electrons. The van der Waals surface area contributed by atoms with Crippen LogP contribution >= 0.6 is 12.2 Å². The van der Waals surface area contributed by atoms with Crippen molar-refractivity contribution in [1.82, 2.24) is 9.97 Å². The van der Waals surface area contributed by atoms with E-state index in [1.54, 1.807) is 12.4 Å². The van der Waals surface area contributed by atoms with E-state index in [2.05, 4.69) is 29.0 Å². The van der Waals surface area contributed by atoms with Gasteiger partial charge in [0.05, 0.1) is 18.1 Å². The summed E-state index contributed by atoms with van der Waals surface area (Å²) in [5.74, 6) is 0. The van der Waals surface area contributed by atoms with Crippen LogP contribution in [0.5, 0.6) is 0 Å². The van der Waals surface area contributed by atoms with Crippen molar-refractivity contribution in [3.63, 3.8) is 0 Å². The van der Waals surface area contributed by atoms with Gasteiger partial charge in [0.2, 0.25) is 0 Å². The van der Waals surface area contributed by atoms with Crippen LogP contribution in [0.4, 0.5) is 0 Å². The quantitative estimate of drug-likeness (QED) is 0.720. The van der Waals surface area contributed by atoms with Crippen LogP contribution in [0.15, 0.2) is 36.7 Å². The lowest BCUT2D eigenvalue weighted by molar-refractivity contribution is 1.18. The Balaban J connectivity index is 2.61. The number of hydrogen-bond donors (Lipinski definition) is 1. The highest BCUT2D eigenvalue weighted by Crippen LogP contribution is 2.19. The SMILES string of the molecule is Cc1ccccc1-c1cncc(=S)[nH]1. The van der Waals surface area contributed by atoms with Gasteiger partial charge in [0, 0.05) is 5.56 Å². The molecule has 0 bridgehead atoms. The van der Waals surface area contributed by atoms with Crippen molar-refractivity contribution in [3.05, 3.63) is 46.9 Å². The third-order valence-electron chi connectivity index (χ3n) is 2.09. The summed E-state index contributed by atoms with van der Waals surface area (Å²) >= 11 is 5.02. The Hall–Kier alpha value is -1.48. The topological polar surface area (TPSA) is 28.7 Å². The van der Waals surface area contributed by atoms with Crippen molar-refractivity contribution < 1.29 is 0 Å². The van der Waals surface area contributed by atoms with Crippen molar-refractivity contribution in [2.24, 2.45) is 0 Å². The average molecular weight is 202 g/mol. The molecule has 2 aromatic rings. The molecule has 1 N–H and O–H groups in total. The lowest BCUT2D eigenvalue weighted by Crippen LogP contribution is -1.88. The fourth-order valence-corrected chi connectivity index (χ4v) is 1.56. The first-order valence-electron chi connectivity index (χ1n) is 4.38. The smallest absolute Gasteiger partial charge is 0.122 e. The predicted octanol–water partition coefficient (Wildman–Crippen LogP) is 3.11. The third-order valence-corrected chi connectivity index (χ3v) is 2.30. The molecule has 0 unspecified atom stereocenters. The molecule has 0 saturated carbocycles. The van der Waals surface area contributed by atoms with E-state index in [1.165, 1.54) is 5.56 Å². The molecule has 0 radical (unpaired) electrons. The van der Waals surface area contributed by atoms with Gasteiger partial charge in [0.25, 0.3) is 0 Å². The number of hydrogen-bond acceptors (Lipinski definition) is 2. The summed E-state index contributed by atoms with van der Waals surface area (Å²) in [6.45, 7) is 2.07. The molecular weight excluding hydrogens is 192 g/mol. The zero-order chi connectivity index (χ0) is 9.97. The van der Waals surface area contributed by atoms with E-state index in [0.717, 1.165) is 11.3 Å². The number of aromatic nitrogens is 2. The van der Waals surface area contributed by atoms with Crippen molar-refractivity contribution in [1.29, 1.82) is 0 Å². The molecule has 0 fully saturated rings. The number of benzene rings is 1. The summed E-state index contributed by atoms with van der Waals surface area (Å²) in [5, 5.41) is 0. The number of aromatic amines is 1. The molecule has 14 heavy (non-hydrogen) atoms. The van der Waals surface area contributed by atoms with Crippen molar-refractivity contribution in [3.8, 4) is 11.3 Å². The third kappa shape index (κ3) is 1.72. The second-order valence-corrected chi connectivity index (χ2v) is 3.56. The van der Waals surface area contributed by atoms with E-state index in [4.69, 9.17) is 12.2 Å². The minimum atomic E-state index is 0.658. The maximum Gasteiger partial charge on any atom is 0.122 e. The first-order chi connectivity index (χ1) is 6.77. The van der Waals surface area contributed by atoms with Crippen LogP contribution in [-0.4, -0.2) is 9.97 Å². The molecule has 3 heteroatoms. The highest BCUT2D eigenvalue weighted by atomic mass is 32.1. The first-order valence-corrected chi connectivity index (χ1v) is 4.78. The fourth-order valence-electron chi connectivity index (χ4n) is 1.39. The van der Waals surface area contributed by atoms with Crippen molar-refractivity contribution >= 4 is 12.2 Å². The summed E-state index contributed by atoms with van der Waals surface area (Å²) in [6, 6.07) is 8.15. The summed E-state index contributed by atoms with van der Waals surface area (Å²) in [6.07, 6.45) is 3.43. The Morgan fingerprint density at radius 1 is 1.21 bits per heavy atom. The van der Waals surface area contributed by atoms with Gasteiger partial charge in [-0.3, -0.25) is 4.98 Å². The second-order valence-electron chi connectivity index (χ2n) is 3.13. The number of rotatable bonds is 1. The van der Waals surface area contributed by atoms with Gasteiger partial charge in [-0.1, -0.05) is 36.5 Å². The van der Waals surface area contributed by atoms with Crippen LogP contribution < -0.4 is 0 Å². The summed E-state index contributed by atoms with van der Waals surface area (Å²) < 4.78 is 0.658. The van der Waals surface area contributed by atoms with Crippen LogP contribution in [0.25, 0.3) is 11.3 Å². The molecule has 2 rings (SSSR count). The Morgan fingerprint density at radius 3 is 2.71 bits per heavy atom. The normalized spacial score (nSPS) is 10.1. The van der Waals surface area contributed by atoms with Crippen molar-refractivity contribution in [2.45, 2.75) is 6.92 Å². The molecule has 0 aliphatic heterocycles. The van der Waals surface area contributed by atoms with E-state index in [1.807, 2.05) is 12.1 Å². The Kier molecular flexibility index (Phi) is 2.41. The molecule has 1 aromatic heterocycles. The van der Waals surface area contributed by atoms with Crippen LogP contribution in [0.1, 0.15) is 5.56 Å². The molecule has 1 heterocycles. The highest BCUT2D eigenvalue weighted by molar-refractivity contribution is 7.71. The molecule has 0 spiro atoms. The molecule has 0 aliphatic rings. The maximum atomic E-state index is 5.02. The Bertz CT molecular complexity index is 502. The molecular formula is C11H10N2S. The maximum absolute atomic E-state index is 5.02. The molecule has 0 amide bonds. The van der Waals surface area contributed by atoms with Crippen LogP contribution in [-0.2, 0) is 0 Å². The van der Waals surface area contributed by atoms with Crippen molar-refractivity contribution in [2.75, 3.05) is 0 Å². The predicted molar refractivity (Wildman–Crippen MR) is 59.6 cm³/mol. The van der Waals surface area contributed by atoms with Gasteiger partial charge in [-0.2, -0.15) is 0 Å². The van der Waals surface area contributed by atoms with E-state index in [-0.39, 0.29) is 0 Å². The van der Waals surface area contributed by atoms with Crippen LogP contribution in [0.3, 0.4) is 0 Å². The minimum absolute atomic E-state index is 0.658. The average Bonchev–Trinajstić information content (AvgIpc) is 2.18. The van der Waals surface area contributed by atoms with E-state index in [0.29, 0.717) is 4.64 Å². The van der Waals surface area contributed by atoms with E-state index >= 15 is 0 Å². The number of nitrogens with zero attached hydrogens (tertiary/aromatic N) is 1. The number of nitrogens with one attached hydrogen (secondary N) is 1. The first kappa shape index (κ1) is 9.09. The lowest BCUT2D eigenvalue weighted by Gasteiger charge is -2.04. The van der Waals surface area contributed by atoms with Gasteiger partial charge in [0.15, 0.2) is 0 Å². The van der Waals surface area contributed by atoms with Gasteiger partial charge in [-0.05, 0) is 12.5 Å². The van der Waals surface area contributed by atoms with Gasteiger partial charge in [-0.25, -0.2) is 0 Å². The van der Waals surface area contributed by atoms with E-state index in [9.17, 15) is 0 Å². The number of H-pyrrole nitrogens is 1. The fraction of sp³-hybridized carbons (Fsp3) is 0.0909. The summed E-state index contributed by atoms with van der Waals surface area (Å²) in [4.78, 5) is 7.18.